The first kappa shape index (κ1) is 15.9. The highest BCUT2D eigenvalue weighted by Gasteiger charge is 2.50. The molecule has 1 aromatic carbocycles. The molecule has 6 nitrogen and oxygen atoms in total. The maximum atomic E-state index is 13.9. The van der Waals surface area contributed by atoms with Crippen molar-refractivity contribution in [3.63, 3.8) is 0 Å². The molecule has 1 aliphatic heterocycles. The van der Waals surface area contributed by atoms with Crippen LogP contribution >= 0.6 is 0 Å². The fourth-order valence-electron chi connectivity index (χ4n) is 2.18. The Kier molecular flexibility index (Phi) is 3.87. The smallest absolute Gasteiger partial charge is 0.325 e. The van der Waals surface area contributed by atoms with Crippen LogP contribution in [0.3, 0.4) is 0 Å². The summed E-state index contributed by atoms with van der Waals surface area (Å²) in [5.74, 6) is -2.83. The highest BCUT2D eigenvalue weighted by molar-refractivity contribution is 6.09. The molecule has 1 fully saturated rings. The monoisotopic (exact) mass is 311 g/mol. The number of halogens is 2. The van der Waals surface area contributed by atoms with Gasteiger partial charge in [0.05, 0.1) is 0 Å². The van der Waals surface area contributed by atoms with Crippen LogP contribution in [-0.2, 0) is 15.1 Å². The van der Waals surface area contributed by atoms with E-state index in [0.717, 1.165) is 18.2 Å². The molecule has 4 amide bonds. The van der Waals surface area contributed by atoms with E-state index < -0.39 is 41.6 Å². The van der Waals surface area contributed by atoms with Crippen molar-refractivity contribution in [2.75, 3.05) is 20.6 Å². The number of hydrogen-bond acceptors (Lipinski definition) is 3. The van der Waals surface area contributed by atoms with Gasteiger partial charge in [-0.2, -0.15) is 0 Å². The molecule has 1 aromatic rings. The predicted octanol–water partition coefficient (Wildman–Crippen LogP) is 0.820. The van der Waals surface area contributed by atoms with E-state index in [1.807, 2.05) is 0 Å². The average molecular weight is 311 g/mol. The maximum absolute atomic E-state index is 13.9. The summed E-state index contributed by atoms with van der Waals surface area (Å²) in [6.07, 6.45) is 0. The fraction of sp³-hybridized carbons (Fsp3) is 0.357. The largest absolute Gasteiger partial charge is 0.347 e. The molecule has 22 heavy (non-hydrogen) atoms. The quantitative estimate of drug-likeness (QED) is 0.840. The highest BCUT2D eigenvalue weighted by Crippen LogP contribution is 2.31. The fourth-order valence-corrected chi connectivity index (χ4v) is 2.18. The average Bonchev–Trinajstić information content (AvgIpc) is 2.65. The van der Waals surface area contributed by atoms with E-state index in [1.54, 1.807) is 0 Å². The standard InChI is InChI=1S/C14H15F2N3O3/c1-14(9-6-8(15)4-5-10(9)16)12(21)19(13(22)17-14)7-11(20)18(2)3/h4-6H,7H2,1-3H3,(H,17,22)/t14-/m1/s1. The summed E-state index contributed by atoms with van der Waals surface area (Å²) in [5.41, 5.74) is -2.04. The van der Waals surface area contributed by atoms with Crippen LogP contribution in [0.2, 0.25) is 0 Å². The van der Waals surface area contributed by atoms with Gasteiger partial charge in [-0.25, -0.2) is 13.6 Å². The third-order valence-corrected chi connectivity index (χ3v) is 3.53. The third kappa shape index (κ3) is 2.51. The summed E-state index contributed by atoms with van der Waals surface area (Å²) in [7, 11) is 2.96. The molecular formula is C14H15F2N3O3. The maximum Gasteiger partial charge on any atom is 0.325 e. The number of rotatable bonds is 3. The molecule has 1 aliphatic rings. The van der Waals surface area contributed by atoms with Crippen molar-refractivity contribution in [1.82, 2.24) is 15.1 Å². The molecule has 0 saturated carbocycles. The lowest BCUT2D eigenvalue weighted by atomic mass is 9.91. The van der Waals surface area contributed by atoms with Gasteiger partial charge in [-0.15, -0.1) is 0 Å². The van der Waals surface area contributed by atoms with Crippen LogP contribution in [-0.4, -0.2) is 48.3 Å². The molecule has 0 aliphatic carbocycles. The minimum Gasteiger partial charge on any atom is -0.347 e. The summed E-state index contributed by atoms with van der Waals surface area (Å²) in [4.78, 5) is 38.0. The van der Waals surface area contributed by atoms with Crippen LogP contribution in [0.1, 0.15) is 12.5 Å². The summed E-state index contributed by atoms with van der Waals surface area (Å²) in [6.45, 7) is 0.801. The Hall–Kier alpha value is -2.51. The topological polar surface area (TPSA) is 69.7 Å². The predicted molar refractivity (Wildman–Crippen MR) is 72.6 cm³/mol. The minimum absolute atomic E-state index is 0.286. The van der Waals surface area contributed by atoms with E-state index in [0.29, 0.717) is 4.90 Å². The van der Waals surface area contributed by atoms with Crippen LogP contribution in [0.4, 0.5) is 13.6 Å². The molecule has 1 saturated heterocycles. The number of hydrogen-bond donors (Lipinski definition) is 1. The Bertz CT molecular complexity index is 663. The van der Waals surface area contributed by atoms with Crippen LogP contribution in [0.15, 0.2) is 18.2 Å². The van der Waals surface area contributed by atoms with E-state index in [2.05, 4.69) is 5.32 Å². The number of benzene rings is 1. The zero-order valence-electron chi connectivity index (χ0n) is 12.3. The van der Waals surface area contributed by atoms with E-state index in [1.165, 1.54) is 25.9 Å². The van der Waals surface area contributed by atoms with Gasteiger partial charge in [0, 0.05) is 19.7 Å². The number of amides is 4. The van der Waals surface area contributed by atoms with Crippen LogP contribution in [0, 0.1) is 11.6 Å². The van der Waals surface area contributed by atoms with Gasteiger partial charge in [0.25, 0.3) is 5.91 Å². The first-order chi connectivity index (χ1) is 10.2. The van der Waals surface area contributed by atoms with Crippen molar-refractivity contribution in [2.45, 2.75) is 12.5 Å². The van der Waals surface area contributed by atoms with Gasteiger partial charge in [-0.3, -0.25) is 14.5 Å². The van der Waals surface area contributed by atoms with E-state index in [-0.39, 0.29) is 5.56 Å². The van der Waals surface area contributed by atoms with Crippen molar-refractivity contribution in [3.05, 3.63) is 35.4 Å². The molecular weight excluding hydrogens is 296 g/mol. The van der Waals surface area contributed by atoms with Crippen molar-refractivity contribution in [2.24, 2.45) is 0 Å². The van der Waals surface area contributed by atoms with Crippen molar-refractivity contribution in [1.29, 1.82) is 0 Å². The number of nitrogens with zero attached hydrogens (tertiary/aromatic N) is 2. The van der Waals surface area contributed by atoms with Gasteiger partial charge in [0.2, 0.25) is 5.91 Å². The van der Waals surface area contributed by atoms with Gasteiger partial charge >= 0.3 is 6.03 Å². The Morgan fingerprint density at radius 3 is 2.55 bits per heavy atom. The van der Waals surface area contributed by atoms with Crippen LogP contribution < -0.4 is 5.32 Å². The SMILES string of the molecule is CN(C)C(=O)CN1C(=O)N[C@](C)(c2cc(F)ccc2F)C1=O. The molecule has 0 unspecified atom stereocenters. The normalized spacial score (nSPS) is 21.0. The lowest BCUT2D eigenvalue weighted by Crippen LogP contribution is -2.43. The Morgan fingerprint density at radius 2 is 1.95 bits per heavy atom. The number of urea groups is 1. The zero-order chi connectivity index (χ0) is 16.7. The number of likely N-dealkylation sites (N-methyl/N-ethyl adjacent to an activating group) is 1. The molecule has 1 atom stereocenters. The summed E-state index contributed by atoms with van der Waals surface area (Å²) in [6, 6.07) is 1.82. The van der Waals surface area contributed by atoms with Crippen molar-refractivity contribution < 1.29 is 23.2 Å². The van der Waals surface area contributed by atoms with E-state index >= 15 is 0 Å². The number of carbonyl (C=O) groups excluding carboxylic acids is 3. The molecule has 2 rings (SSSR count). The summed E-state index contributed by atoms with van der Waals surface area (Å²) < 4.78 is 27.3. The lowest BCUT2D eigenvalue weighted by Gasteiger charge is -2.23. The minimum atomic E-state index is -1.75. The summed E-state index contributed by atoms with van der Waals surface area (Å²) in [5, 5.41) is 2.32. The van der Waals surface area contributed by atoms with Gasteiger partial charge in [-0.1, -0.05) is 0 Å². The van der Waals surface area contributed by atoms with Crippen LogP contribution in [0.5, 0.6) is 0 Å². The van der Waals surface area contributed by atoms with Gasteiger partial charge in [0.1, 0.15) is 23.7 Å². The lowest BCUT2D eigenvalue weighted by molar-refractivity contribution is -0.137. The Morgan fingerprint density at radius 1 is 1.32 bits per heavy atom. The molecule has 0 radical (unpaired) electrons. The van der Waals surface area contributed by atoms with Crippen molar-refractivity contribution >= 4 is 17.8 Å². The van der Waals surface area contributed by atoms with E-state index in [9.17, 15) is 23.2 Å². The molecule has 1 N–H and O–H groups in total. The molecule has 0 aromatic heterocycles. The molecule has 0 spiro atoms. The first-order valence-corrected chi connectivity index (χ1v) is 6.46. The van der Waals surface area contributed by atoms with Gasteiger partial charge in [0.15, 0.2) is 0 Å². The second-order valence-corrected chi connectivity index (χ2v) is 5.36. The highest BCUT2D eigenvalue weighted by atomic mass is 19.1. The molecule has 118 valence electrons. The number of carbonyl (C=O) groups is 3. The Balaban J connectivity index is 2.37. The van der Waals surface area contributed by atoms with Gasteiger partial charge in [-0.05, 0) is 25.1 Å². The van der Waals surface area contributed by atoms with Crippen LogP contribution in [0.25, 0.3) is 0 Å². The molecule has 8 heteroatoms. The molecule has 0 bridgehead atoms. The zero-order valence-corrected chi connectivity index (χ0v) is 12.3. The summed E-state index contributed by atoms with van der Waals surface area (Å²) >= 11 is 0. The number of nitrogens with one attached hydrogen (secondary N) is 1. The van der Waals surface area contributed by atoms with Gasteiger partial charge < -0.3 is 10.2 Å². The number of imide groups is 1. The third-order valence-electron chi connectivity index (χ3n) is 3.53. The Labute approximate surface area is 125 Å². The first-order valence-electron chi connectivity index (χ1n) is 6.46. The van der Waals surface area contributed by atoms with E-state index in [4.69, 9.17) is 0 Å². The second kappa shape index (κ2) is 5.36. The molecule has 1 heterocycles. The second-order valence-electron chi connectivity index (χ2n) is 5.36. The van der Waals surface area contributed by atoms with Crippen molar-refractivity contribution in [3.8, 4) is 0 Å².